The topological polar surface area (TPSA) is 93.8 Å². The third kappa shape index (κ3) is 3.42. The fourth-order valence-electron chi connectivity index (χ4n) is 2.08. The third-order valence-electron chi connectivity index (χ3n) is 3.17. The van der Waals surface area contributed by atoms with Gasteiger partial charge in [-0.05, 0) is 49.1 Å². The number of anilines is 1. The number of aryl methyl sites for hydroxylation is 2. The van der Waals surface area contributed by atoms with Crippen LogP contribution in [0.25, 0.3) is 11.5 Å². The first-order chi connectivity index (χ1) is 11.2. The summed E-state index contributed by atoms with van der Waals surface area (Å²) in [6.07, 6.45) is 1.67. The molecule has 7 nitrogen and oxygen atoms in total. The molecule has 0 saturated heterocycles. The largest absolute Gasteiger partial charge is 0.334 e. The standard InChI is InChI=1S/C15H15N5O2S/c1-3-4-12-13(23-20-18-12)14(21)17-11-7-5-10(6-8-11)15-16-9(2)19-22-15/h5-8H,3-4H2,1-2H3,(H,17,21). The van der Waals surface area contributed by atoms with Crippen molar-refractivity contribution < 1.29 is 9.32 Å². The van der Waals surface area contributed by atoms with Gasteiger partial charge >= 0.3 is 0 Å². The summed E-state index contributed by atoms with van der Waals surface area (Å²) in [5.74, 6) is 0.848. The summed E-state index contributed by atoms with van der Waals surface area (Å²) in [4.78, 5) is 17.0. The van der Waals surface area contributed by atoms with E-state index < -0.39 is 0 Å². The van der Waals surface area contributed by atoms with Gasteiger partial charge in [-0.25, -0.2) is 0 Å². The molecule has 2 heterocycles. The molecule has 1 N–H and O–H groups in total. The molecular weight excluding hydrogens is 314 g/mol. The van der Waals surface area contributed by atoms with Crippen LogP contribution in [0.3, 0.4) is 0 Å². The van der Waals surface area contributed by atoms with E-state index in [9.17, 15) is 4.79 Å². The molecule has 0 radical (unpaired) electrons. The number of benzene rings is 1. The van der Waals surface area contributed by atoms with Crippen LogP contribution in [0, 0.1) is 6.92 Å². The van der Waals surface area contributed by atoms with E-state index in [1.54, 1.807) is 19.1 Å². The number of hydrogen-bond acceptors (Lipinski definition) is 7. The molecule has 1 amide bonds. The lowest BCUT2D eigenvalue weighted by Gasteiger charge is -2.04. The van der Waals surface area contributed by atoms with Gasteiger partial charge in [0.1, 0.15) is 4.88 Å². The SMILES string of the molecule is CCCc1nnsc1C(=O)Nc1ccc(-c2nc(C)no2)cc1. The van der Waals surface area contributed by atoms with Crippen LogP contribution in [0.2, 0.25) is 0 Å². The number of aromatic nitrogens is 4. The first kappa shape index (κ1) is 15.3. The Morgan fingerprint density at radius 2 is 2.09 bits per heavy atom. The molecule has 1 aromatic carbocycles. The van der Waals surface area contributed by atoms with Crippen molar-refractivity contribution in [3.63, 3.8) is 0 Å². The molecule has 0 atom stereocenters. The number of hydrogen-bond donors (Lipinski definition) is 1. The molecule has 0 aliphatic carbocycles. The Balaban J connectivity index is 1.73. The highest BCUT2D eigenvalue weighted by Gasteiger charge is 2.16. The number of nitrogens with one attached hydrogen (secondary N) is 1. The van der Waals surface area contributed by atoms with E-state index in [4.69, 9.17) is 4.52 Å². The Morgan fingerprint density at radius 3 is 2.74 bits per heavy atom. The number of nitrogens with zero attached hydrogens (tertiary/aromatic N) is 4. The van der Waals surface area contributed by atoms with E-state index in [1.807, 2.05) is 19.1 Å². The van der Waals surface area contributed by atoms with Crippen LogP contribution >= 0.6 is 11.5 Å². The highest BCUT2D eigenvalue weighted by atomic mass is 32.1. The van der Waals surface area contributed by atoms with Gasteiger partial charge in [-0.15, -0.1) is 5.10 Å². The molecule has 118 valence electrons. The predicted molar refractivity (Wildman–Crippen MR) is 86.3 cm³/mol. The second-order valence-corrected chi connectivity index (χ2v) is 5.73. The maximum absolute atomic E-state index is 12.3. The summed E-state index contributed by atoms with van der Waals surface area (Å²) in [5, 5.41) is 10.6. The Morgan fingerprint density at radius 1 is 1.30 bits per heavy atom. The number of amides is 1. The molecule has 3 rings (SSSR count). The molecule has 0 spiro atoms. The fraction of sp³-hybridized carbons (Fsp3) is 0.267. The average Bonchev–Trinajstić information content (AvgIpc) is 3.17. The average molecular weight is 329 g/mol. The van der Waals surface area contributed by atoms with Crippen molar-refractivity contribution in [3.8, 4) is 11.5 Å². The van der Waals surface area contributed by atoms with Crippen LogP contribution in [0.15, 0.2) is 28.8 Å². The van der Waals surface area contributed by atoms with Crippen molar-refractivity contribution in [1.29, 1.82) is 0 Å². The zero-order valence-corrected chi connectivity index (χ0v) is 13.6. The van der Waals surface area contributed by atoms with Gasteiger partial charge in [0, 0.05) is 11.3 Å². The molecule has 0 aliphatic rings. The molecule has 2 aromatic heterocycles. The van der Waals surface area contributed by atoms with Crippen molar-refractivity contribution >= 4 is 23.1 Å². The van der Waals surface area contributed by atoms with E-state index in [1.165, 1.54) is 0 Å². The Hall–Kier alpha value is -2.61. The van der Waals surface area contributed by atoms with Crippen LogP contribution in [0.5, 0.6) is 0 Å². The lowest BCUT2D eigenvalue weighted by Crippen LogP contribution is -2.12. The molecule has 0 aliphatic heterocycles. The van der Waals surface area contributed by atoms with Gasteiger partial charge in [0.05, 0.1) is 5.69 Å². The second-order valence-electron chi connectivity index (χ2n) is 4.98. The summed E-state index contributed by atoms with van der Waals surface area (Å²) in [7, 11) is 0. The minimum absolute atomic E-state index is 0.190. The molecule has 3 aromatic rings. The van der Waals surface area contributed by atoms with E-state index in [0.717, 1.165) is 35.6 Å². The van der Waals surface area contributed by atoms with Gasteiger partial charge in [0.25, 0.3) is 11.8 Å². The quantitative estimate of drug-likeness (QED) is 0.773. The predicted octanol–water partition coefficient (Wildman–Crippen LogP) is 3.10. The minimum Gasteiger partial charge on any atom is -0.334 e. The lowest BCUT2D eigenvalue weighted by atomic mass is 10.2. The molecule has 8 heteroatoms. The normalized spacial score (nSPS) is 10.7. The first-order valence-electron chi connectivity index (χ1n) is 7.20. The van der Waals surface area contributed by atoms with Gasteiger partial charge in [-0.3, -0.25) is 4.79 Å². The highest BCUT2D eigenvalue weighted by molar-refractivity contribution is 7.08. The van der Waals surface area contributed by atoms with Crippen molar-refractivity contribution in [2.45, 2.75) is 26.7 Å². The molecule has 0 bridgehead atoms. The first-order valence-corrected chi connectivity index (χ1v) is 7.98. The summed E-state index contributed by atoms with van der Waals surface area (Å²) < 4.78 is 8.97. The van der Waals surface area contributed by atoms with E-state index in [0.29, 0.717) is 22.3 Å². The van der Waals surface area contributed by atoms with Gasteiger partial charge < -0.3 is 9.84 Å². The number of carbonyl (C=O) groups is 1. The van der Waals surface area contributed by atoms with E-state index in [-0.39, 0.29) is 5.91 Å². The zero-order valence-electron chi connectivity index (χ0n) is 12.7. The fourth-order valence-corrected chi connectivity index (χ4v) is 2.68. The smallest absolute Gasteiger partial charge is 0.269 e. The van der Waals surface area contributed by atoms with E-state index in [2.05, 4.69) is 25.0 Å². The number of rotatable bonds is 5. The number of carbonyl (C=O) groups excluding carboxylic acids is 1. The lowest BCUT2D eigenvalue weighted by molar-refractivity contribution is 0.102. The summed E-state index contributed by atoms with van der Waals surface area (Å²) in [6.45, 7) is 3.80. The second kappa shape index (κ2) is 6.66. The summed E-state index contributed by atoms with van der Waals surface area (Å²) >= 11 is 1.11. The zero-order chi connectivity index (χ0) is 16.2. The molecule has 0 fully saturated rings. The van der Waals surface area contributed by atoms with Crippen molar-refractivity contribution in [3.05, 3.63) is 40.7 Å². The monoisotopic (exact) mass is 329 g/mol. The molecule has 0 unspecified atom stereocenters. The third-order valence-corrected chi connectivity index (χ3v) is 3.93. The summed E-state index contributed by atoms with van der Waals surface area (Å²) in [6, 6.07) is 7.22. The summed E-state index contributed by atoms with van der Waals surface area (Å²) in [5.41, 5.74) is 2.23. The van der Waals surface area contributed by atoms with Gasteiger partial charge in [-0.2, -0.15) is 4.98 Å². The molecular formula is C15H15N5O2S. The van der Waals surface area contributed by atoms with Crippen molar-refractivity contribution in [1.82, 2.24) is 19.7 Å². The molecule has 0 saturated carbocycles. The van der Waals surface area contributed by atoms with Crippen LogP contribution in [-0.2, 0) is 6.42 Å². The maximum Gasteiger partial charge on any atom is 0.269 e. The van der Waals surface area contributed by atoms with Crippen LogP contribution < -0.4 is 5.32 Å². The van der Waals surface area contributed by atoms with Crippen LogP contribution in [-0.4, -0.2) is 25.6 Å². The highest BCUT2D eigenvalue weighted by Crippen LogP contribution is 2.21. The molecule has 23 heavy (non-hydrogen) atoms. The van der Waals surface area contributed by atoms with Gasteiger partial charge in [0.2, 0.25) is 0 Å². The van der Waals surface area contributed by atoms with E-state index >= 15 is 0 Å². The van der Waals surface area contributed by atoms with Crippen molar-refractivity contribution in [2.24, 2.45) is 0 Å². The van der Waals surface area contributed by atoms with Gasteiger partial charge in [-0.1, -0.05) is 23.0 Å². The van der Waals surface area contributed by atoms with Crippen LogP contribution in [0.4, 0.5) is 5.69 Å². The Labute approximate surface area is 136 Å². The van der Waals surface area contributed by atoms with Crippen molar-refractivity contribution in [2.75, 3.05) is 5.32 Å². The van der Waals surface area contributed by atoms with Crippen LogP contribution in [0.1, 0.15) is 34.5 Å². The minimum atomic E-state index is -0.190. The maximum atomic E-state index is 12.3. The van der Waals surface area contributed by atoms with Gasteiger partial charge in [0.15, 0.2) is 5.82 Å². The Bertz CT molecular complexity index is 809. The Kier molecular flexibility index (Phi) is 4.42.